The zero-order valence-electron chi connectivity index (χ0n) is 10.8. The van der Waals surface area contributed by atoms with Crippen LogP contribution in [0.2, 0.25) is 0 Å². The molecule has 0 aliphatic rings. The predicted molar refractivity (Wildman–Crippen MR) is 73.2 cm³/mol. The van der Waals surface area contributed by atoms with Crippen molar-refractivity contribution in [2.75, 3.05) is 12.4 Å². The Labute approximate surface area is 112 Å². The van der Waals surface area contributed by atoms with E-state index in [1.807, 2.05) is 23.9 Å². The summed E-state index contributed by atoms with van der Waals surface area (Å²) >= 11 is 0. The largest absolute Gasteiger partial charge is 0.379 e. The van der Waals surface area contributed by atoms with Crippen LogP contribution in [0.15, 0.2) is 41.7 Å². The molecule has 0 aliphatic heterocycles. The molecule has 0 fully saturated rings. The summed E-state index contributed by atoms with van der Waals surface area (Å²) in [5.74, 6) is 0. The smallest absolute Gasteiger partial charge is 0.240 e. The Balaban J connectivity index is 2.11. The van der Waals surface area contributed by atoms with Crippen LogP contribution in [0.5, 0.6) is 0 Å². The average molecular weight is 280 g/mol. The number of hydrogen-bond donors (Lipinski definition) is 2. The maximum Gasteiger partial charge on any atom is 0.240 e. The highest BCUT2D eigenvalue weighted by Crippen LogP contribution is 2.15. The molecule has 19 heavy (non-hydrogen) atoms. The molecule has 0 radical (unpaired) electrons. The lowest BCUT2D eigenvalue weighted by molar-refractivity contribution is 0.588. The minimum absolute atomic E-state index is 0.237. The maximum absolute atomic E-state index is 11.7. The zero-order valence-corrected chi connectivity index (χ0v) is 11.6. The highest BCUT2D eigenvalue weighted by atomic mass is 32.2. The van der Waals surface area contributed by atoms with Crippen molar-refractivity contribution in [2.24, 2.45) is 7.05 Å². The number of nitrogens with one attached hydrogen (secondary N) is 2. The summed E-state index contributed by atoms with van der Waals surface area (Å²) < 4.78 is 27.5. The molecule has 0 atom stereocenters. The van der Waals surface area contributed by atoms with Gasteiger partial charge in [0.15, 0.2) is 0 Å². The maximum atomic E-state index is 11.7. The fourth-order valence-corrected chi connectivity index (χ4v) is 2.42. The van der Waals surface area contributed by atoms with E-state index in [4.69, 9.17) is 0 Å². The first kappa shape index (κ1) is 13.6. The summed E-state index contributed by atoms with van der Waals surface area (Å²) in [4.78, 5) is 4.43. The Morgan fingerprint density at radius 3 is 2.79 bits per heavy atom. The first-order valence-electron chi connectivity index (χ1n) is 5.75. The lowest BCUT2D eigenvalue weighted by atomic mass is 10.3. The molecule has 1 aromatic heterocycles. The second-order valence-electron chi connectivity index (χ2n) is 4.12. The third-order valence-corrected chi connectivity index (χ3v) is 4.06. The number of imidazole rings is 1. The van der Waals surface area contributed by atoms with Crippen molar-refractivity contribution in [1.82, 2.24) is 14.3 Å². The second-order valence-corrected chi connectivity index (χ2v) is 6.01. The first-order chi connectivity index (χ1) is 9.01. The third kappa shape index (κ3) is 3.33. The van der Waals surface area contributed by atoms with Crippen LogP contribution in [0, 0.1) is 0 Å². The van der Waals surface area contributed by atoms with Gasteiger partial charge in [-0.05, 0) is 25.2 Å². The molecule has 1 aromatic carbocycles. The quantitative estimate of drug-likeness (QED) is 0.854. The first-order valence-corrected chi connectivity index (χ1v) is 7.24. The molecule has 6 nitrogen and oxygen atoms in total. The molecule has 102 valence electrons. The summed E-state index contributed by atoms with van der Waals surface area (Å²) in [6.45, 7) is 0.546. The van der Waals surface area contributed by atoms with E-state index in [0.717, 1.165) is 11.4 Å². The molecule has 0 amide bonds. The van der Waals surface area contributed by atoms with Crippen LogP contribution in [-0.2, 0) is 23.6 Å². The molecule has 0 bridgehead atoms. The summed E-state index contributed by atoms with van der Waals surface area (Å²) in [5.41, 5.74) is 1.63. The fraction of sp³-hybridized carbons (Fsp3) is 0.250. The molecule has 0 saturated carbocycles. The van der Waals surface area contributed by atoms with Crippen molar-refractivity contribution in [1.29, 1.82) is 0 Å². The van der Waals surface area contributed by atoms with Gasteiger partial charge in [-0.25, -0.2) is 18.1 Å². The van der Waals surface area contributed by atoms with Crippen molar-refractivity contribution in [3.05, 3.63) is 42.5 Å². The van der Waals surface area contributed by atoms with E-state index in [2.05, 4.69) is 15.0 Å². The molecular weight excluding hydrogens is 264 g/mol. The predicted octanol–water partition coefficient (Wildman–Crippen LogP) is 0.940. The van der Waals surface area contributed by atoms with Gasteiger partial charge in [0.2, 0.25) is 10.0 Å². The molecule has 2 aromatic rings. The second kappa shape index (κ2) is 5.41. The number of benzene rings is 1. The van der Waals surface area contributed by atoms with Crippen LogP contribution >= 0.6 is 0 Å². The molecule has 7 heteroatoms. The minimum atomic E-state index is -3.41. The van der Waals surface area contributed by atoms with Crippen molar-refractivity contribution in [2.45, 2.75) is 11.4 Å². The number of aromatic nitrogens is 2. The number of aryl methyl sites for hydroxylation is 1. The molecule has 1 heterocycles. The van der Waals surface area contributed by atoms with E-state index in [1.54, 1.807) is 24.5 Å². The number of rotatable bonds is 5. The molecular formula is C12H16N4O2S. The van der Waals surface area contributed by atoms with Crippen LogP contribution in [0.4, 0.5) is 5.69 Å². The van der Waals surface area contributed by atoms with Gasteiger partial charge in [0.1, 0.15) is 0 Å². The Hall–Kier alpha value is -1.86. The zero-order chi connectivity index (χ0) is 13.9. The summed E-state index contributed by atoms with van der Waals surface area (Å²) in [6, 6.07) is 6.66. The van der Waals surface area contributed by atoms with Crippen molar-refractivity contribution >= 4 is 15.7 Å². The van der Waals surface area contributed by atoms with E-state index in [0.29, 0.717) is 6.54 Å². The van der Waals surface area contributed by atoms with E-state index in [-0.39, 0.29) is 4.90 Å². The summed E-state index contributed by atoms with van der Waals surface area (Å²) in [6.07, 6.45) is 3.63. The monoisotopic (exact) mass is 280 g/mol. The van der Waals surface area contributed by atoms with Crippen molar-refractivity contribution in [3.63, 3.8) is 0 Å². The highest BCUT2D eigenvalue weighted by molar-refractivity contribution is 7.89. The normalized spacial score (nSPS) is 11.5. The number of sulfonamides is 1. The van der Waals surface area contributed by atoms with Crippen molar-refractivity contribution < 1.29 is 8.42 Å². The van der Waals surface area contributed by atoms with E-state index < -0.39 is 10.0 Å². The average Bonchev–Trinajstić information content (AvgIpc) is 2.82. The van der Waals surface area contributed by atoms with Crippen LogP contribution in [0.3, 0.4) is 0 Å². The summed E-state index contributed by atoms with van der Waals surface area (Å²) in [7, 11) is -0.118. The Kier molecular flexibility index (Phi) is 3.87. The SMILES string of the molecule is CNS(=O)(=O)c1cccc(NCc2cn(C)cn2)c1. The lowest BCUT2D eigenvalue weighted by Gasteiger charge is -2.07. The fourth-order valence-electron chi connectivity index (χ4n) is 1.64. The van der Waals surface area contributed by atoms with Gasteiger partial charge in [0, 0.05) is 18.9 Å². The molecule has 2 rings (SSSR count). The van der Waals surface area contributed by atoms with Gasteiger partial charge in [-0.3, -0.25) is 0 Å². The van der Waals surface area contributed by atoms with E-state index in [9.17, 15) is 8.42 Å². The van der Waals surface area contributed by atoms with Gasteiger partial charge in [0.05, 0.1) is 23.5 Å². The lowest BCUT2D eigenvalue weighted by Crippen LogP contribution is -2.18. The van der Waals surface area contributed by atoms with Crippen LogP contribution in [0.25, 0.3) is 0 Å². The van der Waals surface area contributed by atoms with Crippen LogP contribution in [0.1, 0.15) is 5.69 Å². The van der Waals surface area contributed by atoms with Gasteiger partial charge in [-0.15, -0.1) is 0 Å². The molecule has 2 N–H and O–H groups in total. The summed E-state index contributed by atoms with van der Waals surface area (Å²) in [5, 5.41) is 3.14. The van der Waals surface area contributed by atoms with Crippen LogP contribution < -0.4 is 10.0 Å². The molecule has 0 spiro atoms. The van der Waals surface area contributed by atoms with Crippen LogP contribution in [-0.4, -0.2) is 25.0 Å². The van der Waals surface area contributed by atoms with Gasteiger partial charge in [0.25, 0.3) is 0 Å². The number of anilines is 1. The molecule has 0 aliphatic carbocycles. The van der Waals surface area contributed by atoms with Gasteiger partial charge in [-0.1, -0.05) is 6.07 Å². The number of hydrogen-bond acceptors (Lipinski definition) is 4. The van der Waals surface area contributed by atoms with Gasteiger partial charge in [-0.2, -0.15) is 0 Å². The molecule has 0 saturated heterocycles. The van der Waals surface area contributed by atoms with E-state index >= 15 is 0 Å². The standard InChI is InChI=1S/C12H16N4O2S/c1-13-19(17,18)12-5-3-4-10(6-12)14-7-11-8-16(2)9-15-11/h3-6,8-9,13-14H,7H2,1-2H3. The minimum Gasteiger partial charge on any atom is -0.379 e. The van der Waals surface area contributed by atoms with Gasteiger partial charge >= 0.3 is 0 Å². The Morgan fingerprint density at radius 2 is 2.16 bits per heavy atom. The third-order valence-electron chi connectivity index (χ3n) is 2.65. The van der Waals surface area contributed by atoms with Crippen molar-refractivity contribution in [3.8, 4) is 0 Å². The van der Waals surface area contributed by atoms with E-state index in [1.165, 1.54) is 7.05 Å². The highest BCUT2D eigenvalue weighted by Gasteiger charge is 2.11. The Bertz CT molecular complexity index is 664. The topological polar surface area (TPSA) is 76.0 Å². The molecule has 0 unspecified atom stereocenters. The number of nitrogens with zero attached hydrogens (tertiary/aromatic N) is 2. The Morgan fingerprint density at radius 1 is 1.37 bits per heavy atom. The van der Waals surface area contributed by atoms with Gasteiger partial charge < -0.3 is 9.88 Å².